The lowest BCUT2D eigenvalue weighted by Crippen LogP contribution is -2.37. The monoisotopic (exact) mass is 449 g/mol. The van der Waals surface area contributed by atoms with Gasteiger partial charge in [-0.2, -0.15) is 0 Å². The molecular formula is C21H25Cl2N5O2. The van der Waals surface area contributed by atoms with Crippen molar-refractivity contribution in [3.05, 3.63) is 60.5 Å². The third-order valence-corrected chi connectivity index (χ3v) is 6.46. The summed E-state index contributed by atoms with van der Waals surface area (Å²) in [5.74, 6) is 1.38. The lowest BCUT2D eigenvalue weighted by Gasteiger charge is -2.30. The van der Waals surface area contributed by atoms with E-state index in [1.165, 1.54) is 18.0 Å². The Bertz CT molecular complexity index is 1230. The Morgan fingerprint density at radius 2 is 1.90 bits per heavy atom. The molecule has 1 aromatic carbocycles. The molecule has 1 fully saturated rings. The van der Waals surface area contributed by atoms with Crippen LogP contribution in [-0.4, -0.2) is 36.7 Å². The predicted molar refractivity (Wildman–Crippen MR) is 119 cm³/mol. The zero-order valence-corrected chi connectivity index (χ0v) is 18.9. The highest BCUT2D eigenvalue weighted by molar-refractivity contribution is 6.35. The molecule has 160 valence electrons. The van der Waals surface area contributed by atoms with Gasteiger partial charge in [0.2, 0.25) is 0 Å². The van der Waals surface area contributed by atoms with E-state index in [0.29, 0.717) is 40.2 Å². The summed E-state index contributed by atoms with van der Waals surface area (Å²) in [6.45, 7) is 5.22. The molecule has 0 amide bonds. The number of fused-ring (bicyclic) bond motifs is 1. The van der Waals surface area contributed by atoms with Crippen LogP contribution < -0.4 is 11.2 Å². The summed E-state index contributed by atoms with van der Waals surface area (Å²) < 4.78 is 4.45. The molecular weight excluding hydrogens is 425 g/mol. The molecule has 1 aliphatic rings. The topological polar surface area (TPSA) is 65.1 Å². The van der Waals surface area contributed by atoms with E-state index < -0.39 is 0 Å². The first-order chi connectivity index (χ1) is 14.3. The van der Waals surface area contributed by atoms with Crippen LogP contribution in [-0.2, 0) is 27.2 Å². The molecule has 0 radical (unpaired) electrons. The van der Waals surface area contributed by atoms with Gasteiger partial charge >= 0.3 is 5.69 Å². The molecule has 2 aromatic heterocycles. The Morgan fingerprint density at radius 1 is 1.13 bits per heavy atom. The standard InChI is InChI=1S/C21H25Cl2N5O2/c1-13-5-4-8-27(10-13)12-17-24-19-18(20(29)26(3)21(30)25(19)2)28(17)11-14-6-7-15(22)9-16(14)23/h6-7,9,13H,4-5,8,10-12H2,1-3H3/t13-/m1/s1. The van der Waals surface area contributed by atoms with E-state index in [9.17, 15) is 9.59 Å². The zero-order valence-electron chi connectivity index (χ0n) is 17.4. The molecule has 0 bridgehead atoms. The first kappa shape index (κ1) is 21.2. The van der Waals surface area contributed by atoms with Crippen molar-refractivity contribution < 1.29 is 0 Å². The van der Waals surface area contributed by atoms with Crippen molar-refractivity contribution in [2.24, 2.45) is 20.0 Å². The normalized spacial score (nSPS) is 17.7. The summed E-state index contributed by atoms with van der Waals surface area (Å²) in [5.41, 5.74) is 0.896. The maximum Gasteiger partial charge on any atom is 0.332 e. The molecule has 3 heterocycles. The molecule has 0 unspecified atom stereocenters. The quantitative estimate of drug-likeness (QED) is 0.613. The van der Waals surface area contributed by atoms with Gasteiger partial charge in [-0.3, -0.25) is 18.8 Å². The van der Waals surface area contributed by atoms with E-state index in [-0.39, 0.29) is 11.2 Å². The number of hydrogen-bond acceptors (Lipinski definition) is 4. The largest absolute Gasteiger partial charge is 0.332 e. The fourth-order valence-electron chi connectivity index (χ4n) is 4.23. The van der Waals surface area contributed by atoms with Crippen molar-refractivity contribution in [2.45, 2.75) is 32.9 Å². The van der Waals surface area contributed by atoms with Gasteiger partial charge < -0.3 is 4.57 Å². The summed E-state index contributed by atoms with van der Waals surface area (Å²) in [6, 6.07) is 5.33. The van der Waals surface area contributed by atoms with Gasteiger partial charge in [-0.05, 0) is 43.0 Å². The second-order valence-electron chi connectivity index (χ2n) is 8.21. The summed E-state index contributed by atoms with van der Waals surface area (Å²) in [5, 5.41) is 1.09. The fourth-order valence-corrected chi connectivity index (χ4v) is 4.70. The number of hydrogen-bond donors (Lipinski definition) is 0. The summed E-state index contributed by atoms with van der Waals surface area (Å²) in [6.07, 6.45) is 2.37. The molecule has 0 N–H and O–H groups in total. The summed E-state index contributed by atoms with van der Waals surface area (Å²) in [4.78, 5) is 32.6. The van der Waals surface area contributed by atoms with Gasteiger partial charge in [0.25, 0.3) is 5.56 Å². The van der Waals surface area contributed by atoms with Gasteiger partial charge in [0.15, 0.2) is 11.2 Å². The minimum atomic E-state index is -0.389. The SMILES string of the molecule is C[C@@H]1CCCN(Cc2nc3c(c(=O)n(C)c(=O)n3C)n2Cc2ccc(Cl)cc2Cl)C1. The molecule has 1 atom stereocenters. The number of rotatable bonds is 4. The van der Waals surface area contributed by atoms with E-state index in [1.807, 2.05) is 10.6 Å². The second kappa shape index (κ2) is 8.21. The Hall–Kier alpha value is -2.09. The van der Waals surface area contributed by atoms with Crippen molar-refractivity contribution in [2.75, 3.05) is 13.1 Å². The van der Waals surface area contributed by atoms with Crippen LogP contribution in [0, 0.1) is 5.92 Å². The average molecular weight is 450 g/mol. The molecule has 3 aromatic rings. The van der Waals surface area contributed by atoms with Crippen LogP contribution in [0.3, 0.4) is 0 Å². The molecule has 0 saturated carbocycles. The number of halogens is 2. The summed E-state index contributed by atoms with van der Waals surface area (Å²) in [7, 11) is 3.13. The van der Waals surface area contributed by atoms with E-state index in [4.69, 9.17) is 28.2 Å². The van der Waals surface area contributed by atoms with E-state index in [0.717, 1.165) is 35.5 Å². The third-order valence-electron chi connectivity index (χ3n) is 5.88. The highest BCUT2D eigenvalue weighted by atomic mass is 35.5. The molecule has 1 aliphatic heterocycles. The van der Waals surface area contributed by atoms with Crippen LogP contribution in [0.25, 0.3) is 11.2 Å². The van der Waals surface area contributed by atoms with E-state index >= 15 is 0 Å². The Kier molecular flexibility index (Phi) is 5.79. The van der Waals surface area contributed by atoms with E-state index in [1.54, 1.807) is 19.2 Å². The third kappa shape index (κ3) is 3.82. The van der Waals surface area contributed by atoms with E-state index in [2.05, 4.69) is 11.8 Å². The smallest absolute Gasteiger partial charge is 0.316 e. The number of likely N-dealkylation sites (tertiary alicyclic amines) is 1. The van der Waals surface area contributed by atoms with Gasteiger partial charge in [0.1, 0.15) is 5.82 Å². The fraction of sp³-hybridized carbons (Fsp3) is 0.476. The maximum atomic E-state index is 13.0. The first-order valence-electron chi connectivity index (χ1n) is 10.1. The van der Waals surface area contributed by atoms with Crippen LogP contribution in [0.5, 0.6) is 0 Å². The number of piperidine rings is 1. The van der Waals surface area contributed by atoms with Crippen LogP contribution >= 0.6 is 23.2 Å². The maximum absolute atomic E-state index is 13.0. The van der Waals surface area contributed by atoms with Gasteiger partial charge in [-0.1, -0.05) is 36.2 Å². The first-order valence-corrected chi connectivity index (χ1v) is 10.8. The minimum Gasteiger partial charge on any atom is -0.316 e. The number of aryl methyl sites for hydroxylation is 1. The van der Waals surface area contributed by atoms with Crippen LogP contribution in [0.15, 0.2) is 27.8 Å². The lowest BCUT2D eigenvalue weighted by atomic mass is 10.0. The summed E-state index contributed by atoms with van der Waals surface area (Å²) >= 11 is 12.5. The Morgan fingerprint density at radius 3 is 2.60 bits per heavy atom. The van der Waals surface area contributed by atoms with Crippen molar-refractivity contribution in [3.8, 4) is 0 Å². The molecule has 7 nitrogen and oxygen atoms in total. The van der Waals surface area contributed by atoms with Gasteiger partial charge in [0, 0.05) is 30.7 Å². The molecule has 30 heavy (non-hydrogen) atoms. The Balaban J connectivity index is 1.87. The van der Waals surface area contributed by atoms with Crippen molar-refractivity contribution in [3.63, 3.8) is 0 Å². The van der Waals surface area contributed by atoms with Crippen molar-refractivity contribution in [1.82, 2.24) is 23.6 Å². The number of imidazole rings is 1. The van der Waals surface area contributed by atoms with Crippen LogP contribution in [0.1, 0.15) is 31.2 Å². The number of nitrogens with zero attached hydrogens (tertiary/aromatic N) is 5. The van der Waals surface area contributed by atoms with Gasteiger partial charge in [-0.25, -0.2) is 9.78 Å². The number of aromatic nitrogens is 4. The highest BCUT2D eigenvalue weighted by Gasteiger charge is 2.23. The number of benzene rings is 1. The predicted octanol–water partition coefficient (Wildman–Crippen LogP) is 3.02. The second-order valence-corrected chi connectivity index (χ2v) is 9.05. The minimum absolute atomic E-state index is 0.357. The van der Waals surface area contributed by atoms with Crippen LogP contribution in [0.4, 0.5) is 0 Å². The van der Waals surface area contributed by atoms with Gasteiger partial charge in [-0.15, -0.1) is 0 Å². The van der Waals surface area contributed by atoms with Crippen molar-refractivity contribution >= 4 is 34.4 Å². The molecule has 1 saturated heterocycles. The zero-order chi connectivity index (χ0) is 21.6. The highest BCUT2D eigenvalue weighted by Crippen LogP contribution is 2.25. The van der Waals surface area contributed by atoms with Crippen LogP contribution in [0.2, 0.25) is 10.0 Å². The average Bonchev–Trinajstić information content (AvgIpc) is 3.05. The van der Waals surface area contributed by atoms with Crippen molar-refractivity contribution in [1.29, 1.82) is 0 Å². The molecule has 9 heteroatoms. The molecule has 0 aliphatic carbocycles. The molecule has 4 rings (SSSR count). The Labute approximate surface area is 184 Å². The lowest BCUT2D eigenvalue weighted by molar-refractivity contribution is 0.171. The van der Waals surface area contributed by atoms with Gasteiger partial charge in [0.05, 0.1) is 13.1 Å². The molecule has 0 spiro atoms.